The van der Waals surface area contributed by atoms with E-state index in [1.165, 1.54) is 27.4 Å². The number of amides is 1. The first-order valence-corrected chi connectivity index (χ1v) is 9.41. The molecule has 0 saturated carbocycles. The summed E-state index contributed by atoms with van der Waals surface area (Å²) in [6.45, 7) is 0.774. The fraction of sp³-hybridized carbons (Fsp3) is 0.267. The van der Waals surface area contributed by atoms with Crippen LogP contribution in [0, 0.1) is 5.82 Å². The summed E-state index contributed by atoms with van der Waals surface area (Å²) < 4.78 is 45.3. The number of carbonyl (C=O) groups is 1. The third kappa shape index (κ3) is 3.38. The quantitative estimate of drug-likeness (QED) is 0.769. The van der Waals surface area contributed by atoms with Crippen molar-refractivity contribution in [1.29, 1.82) is 0 Å². The summed E-state index contributed by atoms with van der Waals surface area (Å²) in [5.74, 6) is -0.694. The standard InChI is InChI=1S/C15H14BrFN2O4S/c16-14-5-4-13(23-14)15(20)18-6-8-19(9-7-18)24(21,22)12-3-1-2-11(17)10-12/h1-5,10H,6-9H2. The van der Waals surface area contributed by atoms with Gasteiger partial charge in [0.05, 0.1) is 4.90 Å². The highest BCUT2D eigenvalue weighted by Gasteiger charge is 2.31. The van der Waals surface area contributed by atoms with E-state index in [-0.39, 0.29) is 42.7 Å². The smallest absolute Gasteiger partial charge is 0.289 e. The summed E-state index contributed by atoms with van der Waals surface area (Å²) in [5.41, 5.74) is 0. The fourth-order valence-corrected chi connectivity index (χ4v) is 4.25. The normalized spacial score (nSPS) is 16.3. The Hall–Kier alpha value is -1.71. The molecule has 0 spiro atoms. The molecule has 24 heavy (non-hydrogen) atoms. The third-order valence-electron chi connectivity index (χ3n) is 3.74. The molecule has 1 saturated heterocycles. The van der Waals surface area contributed by atoms with Gasteiger partial charge in [-0.25, -0.2) is 12.8 Å². The topological polar surface area (TPSA) is 70.8 Å². The van der Waals surface area contributed by atoms with Gasteiger partial charge in [0.25, 0.3) is 5.91 Å². The van der Waals surface area contributed by atoms with E-state index in [4.69, 9.17) is 4.42 Å². The Bertz CT molecular complexity index is 860. The minimum absolute atomic E-state index is 0.0859. The van der Waals surface area contributed by atoms with Crippen molar-refractivity contribution in [3.05, 3.63) is 52.6 Å². The number of hydrogen-bond acceptors (Lipinski definition) is 4. The van der Waals surface area contributed by atoms with Gasteiger partial charge in [-0.3, -0.25) is 4.79 Å². The van der Waals surface area contributed by atoms with Crippen LogP contribution in [0.3, 0.4) is 0 Å². The van der Waals surface area contributed by atoms with Crippen LogP contribution >= 0.6 is 15.9 Å². The lowest BCUT2D eigenvalue weighted by Gasteiger charge is -2.33. The van der Waals surface area contributed by atoms with E-state index in [9.17, 15) is 17.6 Å². The molecule has 0 atom stereocenters. The molecule has 3 rings (SSSR count). The molecule has 1 aromatic carbocycles. The van der Waals surface area contributed by atoms with Crippen LogP contribution in [0.25, 0.3) is 0 Å². The molecular formula is C15H14BrFN2O4S. The molecule has 0 aliphatic carbocycles. The van der Waals surface area contributed by atoms with E-state index >= 15 is 0 Å². The van der Waals surface area contributed by atoms with Crippen molar-refractivity contribution in [1.82, 2.24) is 9.21 Å². The fourth-order valence-electron chi connectivity index (χ4n) is 2.49. The number of carbonyl (C=O) groups excluding carboxylic acids is 1. The van der Waals surface area contributed by atoms with Crippen LogP contribution in [0.1, 0.15) is 10.6 Å². The molecular weight excluding hydrogens is 403 g/mol. The zero-order valence-electron chi connectivity index (χ0n) is 12.5. The third-order valence-corrected chi connectivity index (χ3v) is 6.06. The Morgan fingerprint density at radius 1 is 1.12 bits per heavy atom. The van der Waals surface area contributed by atoms with Crippen LogP contribution in [0.5, 0.6) is 0 Å². The second kappa shape index (κ2) is 6.66. The molecule has 2 aromatic rings. The second-order valence-electron chi connectivity index (χ2n) is 5.26. The van der Waals surface area contributed by atoms with Gasteiger partial charge >= 0.3 is 0 Å². The summed E-state index contributed by atoms with van der Waals surface area (Å²) in [5, 5.41) is 0. The van der Waals surface area contributed by atoms with Gasteiger partial charge in [0, 0.05) is 26.2 Å². The predicted octanol–water partition coefficient (Wildman–Crippen LogP) is 2.33. The van der Waals surface area contributed by atoms with Crippen LogP contribution in [-0.2, 0) is 10.0 Å². The molecule has 9 heteroatoms. The molecule has 1 aromatic heterocycles. The van der Waals surface area contributed by atoms with Crippen LogP contribution in [0.2, 0.25) is 0 Å². The Labute approximate surface area is 147 Å². The molecule has 6 nitrogen and oxygen atoms in total. The number of halogens is 2. The van der Waals surface area contributed by atoms with Crippen LogP contribution in [0.4, 0.5) is 4.39 Å². The van der Waals surface area contributed by atoms with Crippen molar-refractivity contribution in [2.75, 3.05) is 26.2 Å². The van der Waals surface area contributed by atoms with Crippen LogP contribution in [0.15, 0.2) is 50.4 Å². The number of piperazine rings is 1. The van der Waals surface area contributed by atoms with Gasteiger partial charge in [-0.15, -0.1) is 0 Å². The minimum Gasteiger partial charge on any atom is -0.444 e. The van der Waals surface area contributed by atoms with Gasteiger partial charge in [0.1, 0.15) is 5.82 Å². The Morgan fingerprint density at radius 3 is 2.42 bits per heavy atom. The largest absolute Gasteiger partial charge is 0.444 e. The zero-order valence-corrected chi connectivity index (χ0v) is 14.9. The SMILES string of the molecule is O=C(c1ccc(Br)o1)N1CCN(S(=O)(=O)c2cccc(F)c2)CC1. The second-order valence-corrected chi connectivity index (χ2v) is 7.98. The number of furan rings is 1. The first-order chi connectivity index (χ1) is 11.4. The van der Waals surface area contributed by atoms with Crippen LogP contribution in [-0.4, -0.2) is 49.7 Å². The lowest BCUT2D eigenvalue weighted by Crippen LogP contribution is -2.50. The zero-order chi connectivity index (χ0) is 17.3. The van der Waals surface area contributed by atoms with Gasteiger partial charge in [-0.2, -0.15) is 4.31 Å². The lowest BCUT2D eigenvalue weighted by atomic mass is 10.3. The van der Waals surface area contributed by atoms with E-state index in [0.717, 1.165) is 6.07 Å². The highest BCUT2D eigenvalue weighted by atomic mass is 79.9. The highest BCUT2D eigenvalue weighted by Crippen LogP contribution is 2.20. The first-order valence-electron chi connectivity index (χ1n) is 7.18. The Kier molecular flexibility index (Phi) is 4.75. The maximum Gasteiger partial charge on any atom is 0.289 e. The number of hydrogen-bond donors (Lipinski definition) is 0. The van der Waals surface area contributed by atoms with E-state index in [1.807, 2.05) is 0 Å². The average molecular weight is 417 g/mol. The highest BCUT2D eigenvalue weighted by molar-refractivity contribution is 9.10. The maximum atomic E-state index is 13.3. The molecule has 1 amide bonds. The van der Waals surface area contributed by atoms with Crippen molar-refractivity contribution >= 4 is 31.9 Å². The van der Waals surface area contributed by atoms with Gasteiger partial charge < -0.3 is 9.32 Å². The predicted molar refractivity (Wildman–Crippen MR) is 87.5 cm³/mol. The maximum absolute atomic E-state index is 13.3. The summed E-state index contributed by atoms with van der Waals surface area (Å²) in [7, 11) is -3.77. The number of sulfonamides is 1. The molecule has 1 aliphatic heterocycles. The Morgan fingerprint density at radius 2 is 1.83 bits per heavy atom. The van der Waals surface area contributed by atoms with Crippen molar-refractivity contribution in [3.63, 3.8) is 0 Å². The minimum atomic E-state index is -3.77. The summed E-state index contributed by atoms with van der Waals surface area (Å²) in [6.07, 6.45) is 0. The van der Waals surface area contributed by atoms with E-state index in [2.05, 4.69) is 15.9 Å². The number of nitrogens with zero attached hydrogens (tertiary/aromatic N) is 2. The molecule has 2 heterocycles. The monoisotopic (exact) mass is 416 g/mol. The molecule has 128 valence electrons. The molecule has 1 fully saturated rings. The lowest BCUT2D eigenvalue weighted by molar-refractivity contribution is 0.0664. The molecule has 1 aliphatic rings. The number of benzene rings is 1. The van der Waals surface area contributed by atoms with E-state index in [0.29, 0.717) is 4.67 Å². The van der Waals surface area contributed by atoms with E-state index < -0.39 is 15.8 Å². The summed E-state index contributed by atoms with van der Waals surface area (Å²) >= 11 is 3.14. The first kappa shape index (κ1) is 17.1. The summed E-state index contributed by atoms with van der Waals surface area (Å²) in [6, 6.07) is 8.08. The molecule has 0 bridgehead atoms. The van der Waals surface area contributed by atoms with E-state index in [1.54, 1.807) is 12.1 Å². The van der Waals surface area contributed by atoms with Gasteiger partial charge in [0.15, 0.2) is 10.4 Å². The van der Waals surface area contributed by atoms with Gasteiger partial charge in [-0.05, 0) is 46.3 Å². The van der Waals surface area contributed by atoms with Crippen LogP contribution < -0.4 is 0 Å². The summed E-state index contributed by atoms with van der Waals surface area (Å²) in [4.78, 5) is 13.7. The van der Waals surface area contributed by atoms with Crippen molar-refractivity contribution in [2.24, 2.45) is 0 Å². The average Bonchev–Trinajstić information content (AvgIpc) is 3.01. The molecule has 0 unspecified atom stereocenters. The molecule has 0 N–H and O–H groups in total. The van der Waals surface area contributed by atoms with Crippen molar-refractivity contribution in [3.8, 4) is 0 Å². The van der Waals surface area contributed by atoms with Gasteiger partial charge in [-0.1, -0.05) is 6.07 Å². The van der Waals surface area contributed by atoms with Crippen molar-refractivity contribution in [2.45, 2.75) is 4.90 Å². The van der Waals surface area contributed by atoms with Crippen molar-refractivity contribution < 1.29 is 22.0 Å². The molecule has 0 radical (unpaired) electrons. The Balaban J connectivity index is 1.69. The number of rotatable bonds is 3. The van der Waals surface area contributed by atoms with Gasteiger partial charge in [0.2, 0.25) is 10.0 Å².